The molecule has 3 rings (SSSR count). The van der Waals surface area contributed by atoms with E-state index in [-0.39, 0.29) is 10.5 Å². The minimum Gasteiger partial charge on any atom is -0.339 e. The normalized spacial score (nSPS) is 12.0. The monoisotopic (exact) mass is 401 g/mol. The fraction of sp³-hybridized carbons (Fsp3) is 0.300. The second kappa shape index (κ2) is 7.83. The lowest BCUT2D eigenvalue weighted by atomic mass is 10.0. The molecule has 1 heterocycles. The first-order valence-electron chi connectivity index (χ1n) is 9.06. The van der Waals surface area contributed by atoms with E-state index in [1.807, 2.05) is 32.3 Å². The first-order valence-corrected chi connectivity index (χ1v) is 10.5. The van der Waals surface area contributed by atoms with Crippen molar-refractivity contribution >= 4 is 20.8 Å². The summed E-state index contributed by atoms with van der Waals surface area (Å²) >= 11 is 0. The van der Waals surface area contributed by atoms with Crippen molar-refractivity contribution in [3.63, 3.8) is 0 Å². The first kappa shape index (κ1) is 20.2. The smallest absolute Gasteiger partial charge is 0.274 e. The molecule has 1 aromatic heterocycles. The Morgan fingerprint density at radius 3 is 2.46 bits per heavy atom. The van der Waals surface area contributed by atoms with Crippen LogP contribution in [0.1, 0.15) is 5.56 Å². The summed E-state index contributed by atoms with van der Waals surface area (Å²) in [6.45, 7) is 2.81. The molecule has 0 radical (unpaired) electrons. The Morgan fingerprint density at radius 1 is 1.11 bits per heavy atom. The second-order valence-corrected chi connectivity index (χ2v) is 8.89. The van der Waals surface area contributed by atoms with E-state index in [1.54, 1.807) is 38.2 Å². The molecule has 0 amide bonds. The second-order valence-electron chi connectivity index (χ2n) is 7.16. The maximum absolute atomic E-state index is 12.8. The summed E-state index contributed by atoms with van der Waals surface area (Å²) in [5.41, 5.74) is 1.69. The quantitative estimate of drug-likeness (QED) is 0.624. The first-order chi connectivity index (χ1) is 13.2. The van der Waals surface area contributed by atoms with Crippen molar-refractivity contribution in [1.82, 2.24) is 14.5 Å². The topological polar surface area (TPSA) is 85.5 Å². The highest BCUT2D eigenvalue weighted by Gasteiger charge is 2.19. The van der Waals surface area contributed by atoms with Crippen LogP contribution in [-0.4, -0.2) is 45.4 Å². The Bertz CT molecular complexity index is 1180. The van der Waals surface area contributed by atoms with E-state index in [4.69, 9.17) is 0 Å². The molecule has 0 aliphatic heterocycles. The number of fused-ring (bicyclic) bond motifs is 1. The van der Waals surface area contributed by atoms with Gasteiger partial charge in [-0.1, -0.05) is 30.3 Å². The van der Waals surface area contributed by atoms with Crippen molar-refractivity contribution in [2.24, 2.45) is 7.05 Å². The average molecular weight is 402 g/mol. The molecule has 0 spiro atoms. The molecule has 0 aliphatic rings. The van der Waals surface area contributed by atoms with Crippen LogP contribution in [0.4, 0.5) is 0 Å². The molecule has 7 nitrogen and oxygen atoms in total. The van der Waals surface area contributed by atoms with Gasteiger partial charge in [-0.3, -0.25) is 4.79 Å². The number of rotatable bonds is 6. The highest BCUT2D eigenvalue weighted by molar-refractivity contribution is 7.89. The number of hydrogen-bond acceptors (Lipinski definition) is 4. The summed E-state index contributed by atoms with van der Waals surface area (Å²) in [4.78, 5) is 13.7. The fourth-order valence-corrected chi connectivity index (χ4v) is 4.36. The summed E-state index contributed by atoms with van der Waals surface area (Å²) in [6.07, 6.45) is 0. The van der Waals surface area contributed by atoms with Gasteiger partial charge in [-0.25, -0.2) is 17.8 Å². The molecule has 0 bridgehead atoms. The summed E-state index contributed by atoms with van der Waals surface area (Å²) < 4.78 is 29.6. The Hall–Kier alpha value is -2.55. The number of likely N-dealkylation sites (N-methyl/N-ethyl adjacent to an activating group) is 1. The zero-order valence-electron chi connectivity index (χ0n) is 16.5. The summed E-state index contributed by atoms with van der Waals surface area (Å²) in [6, 6.07) is 12.4. The molecule has 148 valence electrons. The van der Waals surface area contributed by atoms with Gasteiger partial charge in [0.25, 0.3) is 5.56 Å². The lowest BCUT2D eigenvalue weighted by molar-refractivity contribution is -0.856. The highest BCUT2D eigenvalue weighted by Crippen LogP contribution is 2.28. The van der Waals surface area contributed by atoms with Crippen molar-refractivity contribution in [2.75, 3.05) is 27.2 Å². The van der Waals surface area contributed by atoms with Gasteiger partial charge in [0.2, 0.25) is 10.0 Å². The van der Waals surface area contributed by atoms with Crippen LogP contribution in [0.5, 0.6) is 0 Å². The number of nitrogens with one attached hydrogen (secondary N) is 2. The number of sulfonamides is 1. The van der Waals surface area contributed by atoms with Crippen LogP contribution in [0.2, 0.25) is 0 Å². The van der Waals surface area contributed by atoms with E-state index in [9.17, 15) is 13.2 Å². The van der Waals surface area contributed by atoms with Gasteiger partial charge >= 0.3 is 0 Å². The van der Waals surface area contributed by atoms with Crippen LogP contribution in [0, 0.1) is 6.92 Å². The van der Waals surface area contributed by atoms with E-state index in [1.165, 1.54) is 4.68 Å². The molecule has 3 aromatic rings. The lowest BCUT2D eigenvalue weighted by Crippen LogP contribution is -3.06. The number of benzene rings is 2. The number of hydrogen-bond donors (Lipinski definition) is 2. The Balaban J connectivity index is 2.12. The van der Waals surface area contributed by atoms with Gasteiger partial charge in [0, 0.05) is 18.0 Å². The van der Waals surface area contributed by atoms with Crippen LogP contribution in [0.15, 0.2) is 52.2 Å². The van der Waals surface area contributed by atoms with E-state index >= 15 is 0 Å². The molecule has 28 heavy (non-hydrogen) atoms. The molecule has 2 N–H and O–H groups in total. The standard InChI is InChI=1S/C20H24N4O3S/c1-14-9-10-15(13-18(14)28(26,27)21-11-12-23(2)3)19-16-7-5-6-8-17(16)20(25)24(4)22-19/h5-10,13,21H,11-12H2,1-4H3/p+1. The van der Waals surface area contributed by atoms with Gasteiger partial charge in [-0.2, -0.15) is 5.10 Å². The molecule has 8 heteroatoms. The predicted octanol–water partition coefficient (Wildman–Crippen LogP) is 0.332. The molecule has 0 fully saturated rings. The minimum atomic E-state index is -3.65. The molecule has 0 saturated carbocycles. The number of aromatic nitrogens is 2. The summed E-state index contributed by atoms with van der Waals surface area (Å²) in [5.74, 6) is 0. The van der Waals surface area contributed by atoms with Gasteiger partial charge in [-0.15, -0.1) is 0 Å². The molecular formula is C20H25N4O3S+. The van der Waals surface area contributed by atoms with E-state index < -0.39 is 10.0 Å². The van der Waals surface area contributed by atoms with Crippen molar-refractivity contribution < 1.29 is 13.3 Å². The highest BCUT2D eigenvalue weighted by atomic mass is 32.2. The SMILES string of the molecule is Cc1ccc(-c2nn(C)c(=O)c3ccccc23)cc1S(=O)(=O)NCC[NH+](C)C. The van der Waals surface area contributed by atoms with Crippen LogP contribution < -0.4 is 15.2 Å². The maximum atomic E-state index is 12.8. The predicted molar refractivity (Wildman–Crippen MR) is 110 cm³/mol. The number of nitrogens with zero attached hydrogens (tertiary/aromatic N) is 2. The minimum absolute atomic E-state index is 0.188. The third-order valence-corrected chi connectivity index (χ3v) is 6.23. The Morgan fingerprint density at radius 2 is 1.79 bits per heavy atom. The summed E-state index contributed by atoms with van der Waals surface area (Å²) in [7, 11) is 1.88. The van der Waals surface area contributed by atoms with Crippen LogP contribution in [-0.2, 0) is 17.1 Å². The van der Waals surface area contributed by atoms with Gasteiger partial charge in [0.05, 0.1) is 43.2 Å². The third-order valence-electron chi connectivity index (χ3n) is 4.62. The van der Waals surface area contributed by atoms with Gasteiger partial charge in [0.15, 0.2) is 0 Å². The van der Waals surface area contributed by atoms with Gasteiger partial charge < -0.3 is 4.90 Å². The molecular weight excluding hydrogens is 376 g/mol. The lowest BCUT2D eigenvalue weighted by Gasteiger charge is -2.13. The Labute approximate surface area is 164 Å². The number of aryl methyl sites for hydroxylation is 2. The van der Waals surface area contributed by atoms with Crippen LogP contribution >= 0.6 is 0 Å². The van der Waals surface area contributed by atoms with Crippen LogP contribution in [0.3, 0.4) is 0 Å². The molecule has 0 unspecified atom stereocenters. The van der Waals surface area contributed by atoms with E-state index in [2.05, 4.69) is 9.82 Å². The zero-order chi connectivity index (χ0) is 20.5. The van der Waals surface area contributed by atoms with Gasteiger partial charge in [0.1, 0.15) is 0 Å². The van der Waals surface area contributed by atoms with Crippen molar-refractivity contribution in [3.05, 3.63) is 58.4 Å². The van der Waals surface area contributed by atoms with Crippen molar-refractivity contribution in [2.45, 2.75) is 11.8 Å². The Kier molecular flexibility index (Phi) is 5.64. The molecule has 0 aliphatic carbocycles. The van der Waals surface area contributed by atoms with Crippen LogP contribution in [0.25, 0.3) is 22.0 Å². The number of quaternary nitrogens is 1. The van der Waals surface area contributed by atoms with E-state index in [0.717, 1.165) is 4.90 Å². The fourth-order valence-electron chi connectivity index (χ4n) is 3.06. The van der Waals surface area contributed by atoms with Crippen molar-refractivity contribution in [3.8, 4) is 11.3 Å². The molecule has 2 aromatic carbocycles. The largest absolute Gasteiger partial charge is 0.339 e. The average Bonchev–Trinajstić information content (AvgIpc) is 2.64. The third kappa shape index (κ3) is 3.99. The molecule has 0 saturated heterocycles. The molecule has 0 atom stereocenters. The van der Waals surface area contributed by atoms with Crippen molar-refractivity contribution in [1.29, 1.82) is 0 Å². The van der Waals surface area contributed by atoms with E-state index in [0.29, 0.717) is 40.7 Å². The summed E-state index contributed by atoms with van der Waals surface area (Å²) in [5, 5.41) is 5.64. The van der Waals surface area contributed by atoms with Gasteiger partial charge in [-0.05, 0) is 24.6 Å². The zero-order valence-corrected chi connectivity index (χ0v) is 17.3. The maximum Gasteiger partial charge on any atom is 0.274 e.